The van der Waals surface area contributed by atoms with Gasteiger partial charge in [0.1, 0.15) is 11.4 Å². The number of amides is 1. The average Bonchev–Trinajstić information content (AvgIpc) is 2.36. The predicted molar refractivity (Wildman–Crippen MR) is 75.1 cm³/mol. The Hall–Kier alpha value is -2.11. The van der Waals surface area contributed by atoms with Crippen molar-refractivity contribution < 1.29 is 23.5 Å². The molecule has 5 nitrogen and oxygen atoms in total. The molecule has 0 saturated heterocycles. The summed E-state index contributed by atoms with van der Waals surface area (Å²) in [7, 11) is 1.26. The average molecular weight is 297 g/mol. The molecular formula is C15H20FNO4. The van der Waals surface area contributed by atoms with E-state index in [4.69, 9.17) is 4.74 Å². The third kappa shape index (κ3) is 6.25. The van der Waals surface area contributed by atoms with Crippen molar-refractivity contribution in [2.45, 2.75) is 38.8 Å². The van der Waals surface area contributed by atoms with Crippen LogP contribution >= 0.6 is 0 Å². The molecule has 0 heterocycles. The maximum Gasteiger partial charge on any atom is 0.408 e. The summed E-state index contributed by atoms with van der Waals surface area (Å²) in [6.07, 6.45) is -0.720. The van der Waals surface area contributed by atoms with Crippen LogP contribution < -0.4 is 5.32 Å². The van der Waals surface area contributed by atoms with E-state index in [1.807, 2.05) is 0 Å². The summed E-state index contributed by atoms with van der Waals surface area (Å²) in [5.74, 6) is -0.881. The molecule has 0 fully saturated rings. The zero-order chi connectivity index (χ0) is 16.0. The second-order valence-electron chi connectivity index (χ2n) is 5.53. The summed E-state index contributed by atoms with van der Waals surface area (Å²) < 4.78 is 22.7. The Kier molecular flexibility index (Phi) is 5.69. The van der Waals surface area contributed by atoms with E-state index in [2.05, 4.69) is 10.1 Å². The molecule has 1 amide bonds. The van der Waals surface area contributed by atoms with Crippen molar-refractivity contribution in [2.75, 3.05) is 7.11 Å². The van der Waals surface area contributed by atoms with Crippen LogP contribution in [0.2, 0.25) is 0 Å². The van der Waals surface area contributed by atoms with Gasteiger partial charge in [-0.2, -0.15) is 0 Å². The number of benzene rings is 1. The van der Waals surface area contributed by atoms with Crippen LogP contribution in [0.3, 0.4) is 0 Å². The van der Waals surface area contributed by atoms with Crippen molar-refractivity contribution in [1.29, 1.82) is 0 Å². The molecule has 21 heavy (non-hydrogen) atoms. The van der Waals surface area contributed by atoms with Gasteiger partial charge in [0.2, 0.25) is 0 Å². The summed E-state index contributed by atoms with van der Waals surface area (Å²) in [6, 6.07) is 4.88. The maximum absolute atomic E-state index is 13.0. The van der Waals surface area contributed by atoms with Crippen molar-refractivity contribution in [3.63, 3.8) is 0 Å². The molecule has 0 saturated carbocycles. The van der Waals surface area contributed by atoms with Crippen LogP contribution in [0.1, 0.15) is 38.8 Å². The van der Waals surface area contributed by atoms with Crippen LogP contribution in [-0.4, -0.2) is 24.8 Å². The number of rotatable bonds is 4. The van der Waals surface area contributed by atoms with Gasteiger partial charge in [-0.1, -0.05) is 12.1 Å². The van der Waals surface area contributed by atoms with Crippen LogP contribution in [0.4, 0.5) is 9.18 Å². The number of nitrogens with one attached hydrogen (secondary N) is 1. The first kappa shape index (κ1) is 16.9. The van der Waals surface area contributed by atoms with Crippen LogP contribution in [0.25, 0.3) is 0 Å². The van der Waals surface area contributed by atoms with Crippen LogP contribution in [0.5, 0.6) is 0 Å². The Morgan fingerprint density at radius 1 is 1.24 bits per heavy atom. The Balaban J connectivity index is 2.84. The highest BCUT2D eigenvalue weighted by Gasteiger charge is 2.22. The third-order valence-electron chi connectivity index (χ3n) is 2.56. The lowest BCUT2D eigenvalue weighted by Gasteiger charge is -2.23. The lowest BCUT2D eigenvalue weighted by Crippen LogP contribution is -2.36. The molecule has 0 bridgehead atoms. The highest BCUT2D eigenvalue weighted by molar-refractivity contribution is 5.73. The Bertz CT molecular complexity index is 493. The summed E-state index contributed by atoms with van der Waals surface area (Å²) in [6.45, 7) is 5.21. The second kappa shape index (κ2) is 7.06. The maximum atomic E-state index is 13.0. The third-order valence-corrected chi connectivity index (χ3v) is 2.56. The van der Waals surface area contributed by atoms with Crippen LogP contribution in [0, 0.1) is 5.82 Å². The standard InChI is InChI=1S/C15H20FNO4/c1-15(2,3)21-14(19)17-12(9-13(18)20-4)10-5-7-11(16)8-6-10/h5-8,12H,9H2,1-4H3,(H,17,19)/t12-/m1/s1. The minimum absolute atomic E-state index is 0.0681. The minimum atomic E-state index is -0.652. The number of carbonyl (C=O) groups is 2. The first-order valence-corrected chi connectivity index (χ1v) is 6.53. The Labute approximate surface area is 123 Å². The van der Waals surface area contributed by atoms with E-state index in [1.165, 1.54) is 31.4 Å². The second-order valence-corrected chi connectivity index (χ2v) is 5.53. The fourth-order valence-electron chi connectivity index (χ4n) is 1.65. The van der Waals surface area contributed by atoms with Gasteiger partial charge in [-0.3, -0.25) is 4.79 Å². The highest BCUT2D eigenvalue weighted by Crippen LogP contribution is 2.19. The van der Waals surface area contributed by atoms with Crippen molar-refractivity contribution in [1.82, 2.24) is 5.32 Å². The molecule has 116 valence electrons. The van der Waals surface area contributed by atoms with Crippen molar-refractivity contribution in [3.8, 4) is 0 Å². The largest absolute Gasteiger partial charge is 0.469 e. The van der Waals surface area contributed by atoms with E-state index in [9.17, 15) is 14.0 Å². The van der Waals surface area contributed by atoms with E-state index >= 15 is 0 Å². The lowest BCUT2D eigenvalue weighted by molar-refractivity contribution is -0.141. The summed E-state index contributed by atoms with van der Waals surface area (Å²) in [5, 5.41) is 2.59. The van der Waals surface area contributed by atoms with Crippen molar-refractivity contribution in [2.24, 2.45) is 0 Å². The van der Waals surface area contributed by atoms with E-state index in [-0.39, 0.29) is 6.42 Å². The van der Waals surface area contributed by atoms with Gasteiger partial charge in [-0.25, -0.2) is 9.18 Å². The number of carbonyl (C=O) groups excluding carboxylic acids is 2. The van der Waals surface area contributed by atoms with Gasteiger partial charge in [0.05, 0.1) is 19.6 Å². The van der Waals surface area contributed by atoms with Gasteiger partial charge in [-0.05, 0) is 38.5 Å². The van der Waals surface area contributed by atoms with Crippen molar-refractivity contribution >= 4 is 12.1 Å². The number of methoxy groups -OCH3 is 1. The highest BCUT2D eigenvalue weighted by atomic mass is 19.1. The molecule has 1 rings (SSSR count). The molecule has 0 aliphatic carbocycles. The summed E-state index contributed by atoms with van der Waals surface area (Å²) >= 11 is 0. The van der Waals surface area contributed by atoms with Crippen LogP contribution in [0.15, 0.2) is 24.3 Å². The fourth-order valence-corrected chi connectivity index (χ4v) is 1.65. The monoisotopic (exact) mass is 297 g/mol. The van der Waals surface area contributed by atoms with E-state index in [0.717, 1.165) is 0 Å². The molecule has 0 aliphatic heterocycles. The molecule has 0 spiro atoms. The summed E-state index contributed by atoms with van der Waals surface area (Å²) in [4.78, 5) is 23.3. The predicted octanol–water partition coefficient (Wildman–Crippen LogP) is 2.95. The number of hydrogen-bond acceptors (Lipinski definition) is 4. The van der Waals surface area contributed by atoms with Gasteiger partial charge in [0, 0.05) is 0 Å². The Morgan fingerprint density at radius 3 is 2.29 bits per heavy atom. The molecule has 0 aromatic heterocycles. The van der Waals surface area contributed by atoms with Gasteiger partial charge in [-0.15, -0.1) is 0 Å². The molecule has 1 atom stereocenters. The van der Waals surface area contributed by atoms with Crippen molar-refractivity contribution in [3.05, 3.63) is 35.6 Å². The summed E-state index contributed by atoms with van der Waals surface area (Å²) in [5.41, 5.74) is -0.0597. The molecule has 0 unspecified atom stereocenters. The number of halogens is 1. The van der Waals surface area contributed by atoms with Gasteiger partial charge >= 0.3 is 12.1 Å². The lowest BCUT2D eigenvalue weighted by atomic mass is 10.0. The quantitative estimate of drug-likeness (QED) is 0.868. The number of ether oxygens (including phenoxy) is 2. The molecule has 1 aromatic carbocycles. The number of esters is 1. The topological polar surface area (TPSA) is 64.6 Å². The fraction of sp³-hybridized carbons (Fsp3) is 0.467. The Morgan fingerprint density at radius 2 is 1.81 bits per heavy atom. The van der Waals surface area contributed by atoms with Gasteiger partial charge in [0.15, 0.2) is 0 Å². The molecule has 6 heteroatoms. The van der Waals surface area contributed by atoms with Crippen LogP contribution in [-0.2, 0) is 14.3 Å². The van der Waals surface area contributed by atoms with E-state index in [1.54, 1.807) is 20.8 Å². The number of alkyl carbamates (subject to hydrolysis) is 1. The van der Waals surface area contributed by atoms with Gasteiger partial charge in [0.25, 0.3) is 0 Å². The van der Waals surface area contributed by atoms with Gasteiger partial charge < -0.3 is 14.8 Å². The molecule has 1 N–H and O–H groups in total. The SMILES string of the molecule is COC(=O)C[C@@H](NC(=O)OC(C)(C)C)c1ccc(F)cc1. The zero-order valence-corrected chi connectivity index (χ0v) is 12.6. The first-order valence-electron chi connectivity index (χ1n) is 6.53. The number of hydrogen-bond donors (Lipinski definition) is 1. The normalized spacial score (nSPS) is 12.4. The molecule has 0 radical (unpaired) electrons. The zero-order valence-electron chi connectivity index (χ0n) is 12.6. The molecule has 0 aliphatic rings. The molecular weight excluding hydrogens is 277 g/mol. The molecule has 1 aromatic rings. The smallest absolute Gasteiger partial charge is 0.408 e. The first-order chi connectivity index (χ1) is 9.71. The van der Waals surface area contributed by atoms with E-state index < -0.39 is 29.5 Å². The van der Waals surface area contributed by atoms with E-state index in [0.29, 0.717) is 5.56 Å². The minimum Gasteiger partial charge on any atom is -0.469 e.